The van der Waals surface area contributed by atoms with Crippen LogP contribution < -0.4 is 5.32 Å². The summed E-state index contributed by atoms with van der Waals surface area (Å²) >= 11 is 0. The average molecular weight is 265 g/mol. The maximum Gasteiger partial charge on any atom is 0.226 e. The molecule has 19 heavy (non-hydrogen) atoms. The lowest BCUT2D eigenvalue weighted by atomic mass is 10.1. The fraction of sp³-hybridized carbons (Fsp3) is 0.867. The van der Waals surface area contributed by atoms with E-state index in [2.05, 4.69) is 22.4 Å². The molecule has 1 saturated carbocycles. The Balaban J connectivity index is 1.50. The molecule has 0 spiro atoms. The fourth-order valence-electron chi connectivity index (χ4n) is 2.22. The molecule has 108 valence electrons. The monoisotopic (exact) mass is 265 g/mol. The Morgan fingerprint density at radius 1 is 1.11 bits per heavy atom. The predicted molar refractivity (Wildman–Crippen MR) is 75.9 cm³/mol. The molecule has 1 aliphatic carbocycles. The van der Waals surface area contributed by atoms with Crippen molar-refractivity contribution < 1.29 is 4.52 Å². The lowest BCUT2D eigenvalue weighted by Gasteiger charge is -1.98. The van der Waals surface area contributed by atoms with Crippen molar-refractivity contribution in [3.63, 3.8) is 0 Å². The zero-order chi connectivity index (χ0) is 13.3. The van der Waals surface area contributed by atoms with E-state index in [9.17, 15) is 0 Å². The summed E-state index contributed by atoms with van der Waals surface area (Å²) in [5, 5.41) is 7.40. The van der Waals surface area contributed by atoms with Gasteiger partial charge in [0, 0.05) is 12.5 Å². The third-order valence-electron chi connectivity index (χ3n) is 3.63. The molecule has 0 aromatic carbocycles. The predicted octanol–water partition coefficient (Wildman–Crippen LogP) is 3.61. The van der Waals surface area contributed by atoms with E-state index in [1.165, 1.54) is 57.8 Å². The van der Waals surface area contributed by atoms with Gasteiger partial charge >= 0.3 is 0 Å². The van der Waals surface area contributed by atoms with Gasteiger partial charge in [-0.2, -0.15) is 4.98 Å². The summed E-state index contributed by atoms with van der Waals surface area (Å²) in [6.45, 7) is 3.01. The van der Waals surface area contributed by atoms with Crippen LogP contribution in [0.4, 0.5) is 0 Å². The second kappa shape index (κ2) is 8.31. The van der Waals surface area contributed by atoms with Gasteiger partial charge < -0.3 is 9.84 Å². The topological polar surface area (TPSA) is 51.0 Å². The molecule has 0 bridgehead atoms. The van der Waals surface area contributed by atoms with E-state index in [4.69, 9.17) is 4.52 Å². The van der Waals surface area contributed by atoms with E-state index < -0.39 is 0 Å². The number of aryl methyl sites for hydroxylation is 1. The third kappa shape index (κ3) is 6.19. The van der Waals surface area contributed by atoms with Crippen molar-refractivity contribution in [2.45, 2.75) is 83.7 Å². The van der Waals surface area contributed by atoms with Gasteiger partial charge in [0.15, 0.2) is 5.82 Å². The molecule has 0 amide bonds. The average Bonchev–Trinajstić information content (AvgIpc) is 3.15. The van der Waals surface area contributed by atoms with Gasteiger partial charge in [0.2, 0.25) is 5.89 Å². The van der Waals surface area contributed by atoms with Crippen LogP contribution in [0.2, 0.25) is 0 Å². The van der Waals surface area contributed by atoms with Gasteiger partial charge in [-0.1, -0.05) is 50.6 Å². The third-order valence-corrected chi connectivity index (χ3v) is 3.63. The number of nitrogens with zero attached hydrogens (tertiary/aromatic N) is 2. The van der Waals surface area contributed by atoms with Gasteiger partial charge in [-0.3, -0.25) is 0 Å². The normalized spacial score (nSPS) is 15.0. The smallest absolute Gasteiger partial charge is 0.226 e. The van der Waals surface area contributed by atoms with Crippen LogP contribution in [0.5, 0.6) is 0 Å². The molecule has 0 unspecified atom stereocenters. The number of unbranched alkanes of at least 4 members (excludes halogenated alkanes) is 6. The van der Waals surface area contributed by atoms with Crippen molar-refractivity contribution in [3.8, 4) is 0 Å². The molecule has 1 aliphatic rings. The summed E-state index contributed by atoms with van der Waals surface area (Å²) in [7, 11) is 0. The van der Waals surface area contributed by atoms with Crippen LogP contribution in [-0.2, 0) is 13.0 Å². The highest BCUT2D eigenvalue weighted by Crippen LogP contribution is 2.19. The summed E-state index contributed by atoms with van der Waals surface area (Å²) in [5.41, 5.74) is 0. The molecule has 2 rings (SSSR count). The molecular weight excluding hydrogens is 238 g/mol. The molecule has 1 aromatic heterocycles. The first kappa shape index (κ1) is 14.5. The van der Waals surface area contributed by atoms with E-state index in [1.54, 1.807) is 0 Å². The fourth-order valence-corrected chi connectivity index (χ4v) is 2.22. The van der Waals surface area contributed by atoms with Crippen molar-refractivity contribution in [3.05, 3.63) is 11.7 Å². The molecule has 0 saturated heterocycles. The maximum atomic E-state index is 5.26. The zero-order valence-electron chi connectivity index (χ0n) is 12.2. The summed E-state index contributed by atoms with van der Waals surface area (Å²) < 4.78 is 5.26. The Morgan fingerprint density at radius 3 is 2.58 bits per heavy atom. The Bertz CT molecular complexity index is 347. The minimum Gasteiger partial charge on any atom is -0.339 e. The Hall–Kier alpha value is -0.900. The van der Waals surface area contributed by atoms with Crippen molar-refractivity contribution in [1.29, 1.82) is 0 Å². The van der Waals surface area contributed by atoms with Gasteiger partial charge in [-0.05, 0) is 19.3 Å². The summed E-state index contributed by atoms with van der Waals surface area (Å²) in [6.07, 6.45) is 12.8. The number of aromatic nitrogens is 2. The Kier molecular flexibility index (Phi) is 6.34. The van der Waals surface area contributed by atoms with E-state index in [0.717, 1.165) is 24.7 Å². The SMILES string of the molecule is CCCCCCCCCc1nc(CNC2CC2)no1. The van der Waals surface area contributed by atoms with Crippen molar-refractivity contribution in [2.75, 3.05) is 0 Å². The van der Waals surface area contributed by atoms with E-state index in [1.807, 2.05) is 0 Å². The first-order valence-corrected chi connectivity index (χ1v) is 7.93. The highest BCUT2D eigenvalue weighted by Gasteiger charge is 2.20. The van der Waals surface area contributed by atoms with E-state index in [0.29, 0.717) is 6.04 Å². The lowest BCUT2D eigenvalue weighted by molar-refractivity contribution is 0.367. The molecule has 4 nitrogen and oxygen atoms in total. The second-order valence-corrected chi connectivity index (χ2v) is 5.63. The van der Waals surface area contributed by atoms with Crippen LogP contribution in [0.3, 0.4) is 0 Å². The standard InChI is InChI=1S/C15H27N3O/c1-2-3-4-5-6-7-8-9-15-17-14(18-19-15)12-16-13-10-11-13/h13,16H,2-12H2,1H3. The first-order valence-electron chi connectivity index (χ1n) is 7.93. The number of hydrogen-bond acceptors (Lipinski definition) is 4. The molecule has 1 aromatic rings. The lowest BCUT2D eigenvalue weighted by Crippen LogP contribution is -2.16. The van der Waals surface area contributed by atoms with E-state index in [-0.39, 0.29) is 0 Å². The first-order chi connectivity index (χ1) is 9.38. The van der Waals surface area contributed by atoms with Crippen molar-refractivity contribution in [1.82, 2.24) is 15.5 Å². The van der Waals surface area contributed by atoms with Gasteiger partial charge in [0.1, 0.15) is 0 Å². The number of hydrogen-bond donors (Lipinski definition) is 1. The van der Waals surface area contributed by atoms with Crippen LogP contribution >= 0.6 is 0 Å². The minimum atomic E-state index is 0.699. The zero-order valence-corrected chi connectivity index (χ0v) is 12.2. The summed E-state index contributed by atoms with van der Waals surface area (Å²) in [6, 6.07) is 0.699. The largest absolute Gasteiger partial charge is 0.339 e. The van der Waals surface area contributed by atoms with Crippen molar-refractivity contribution in [2.24, 2.45) is 0 Å². The second-order valence-electron chi connectivity index (χ2n) is 5.63. The maximum absolute atomic E-state index is 5.26. The number of nitrogens with one attached hydrogen (secondary N) is 1. The molecular formula is C15H27N3O. The molecule has 0 aliphatic heterocycles. The van der Waals surface area contributed by atoms with Gasteiger partial charge in [0.25, 0.3) is 0 Å². The molecule has 0 atom stereocenters. The van der Waals surface area contributed by atoms with Gasteiger partial charge in [-0.25, -0.2) is 0 Å². The molecule has 0 radical (unpaired) electrons. The summed E-state index contributed by atoms with van der Waals surface area (Å²) in [4.78, 5) is 4.42. The van der Waals surface area contributed by atoms with E-state index >= 15 is 0 Å². The van der Waals surface area contributed by atoms with Crippen molar-refractivity contribution >= 4 is 0 Å². The van der Waals surface area contributed by atoms with Crippen LogP contribution in [0.15, 0.2) is 4.52 Å². The van der Waals surface area contributed by atoms with Gasteiger partial charge in [-0.15, -0.1) is 0 Å². The molecule has 1 N–H and O–H groups in total. The van der Waals surface area contributed by atoms with Gasteiger partial charge in [0.05, 0.1) is 6.54 Å². The number of rotatable bonds is 11. The molecule has 1 heterocycles. The van der Waals surface area contributed by atoms with Crippen LogP contribution in [0.25, 0.3) is 0 Å². The molecule has 4 heteroatoms. The summed E-state index contributed by atoms with van der Waals surface area (Å²) in [5.74, 6) is 1.62. The Morgan fingerprint density at radius 2 is 1.84 bits per heavy atom. The van der Waals surface area contributed by atoms with Crippen LogP contribution in [-0.4, -0.2) is 16.2 Å². The molecule has 1 fully saturated rings. The highest BCUT2D eigenvalue weighted by molar-refractivity contribution is 4.89. The minimum absolute atomic E-state index is 0.699. The quantitative estimate of drug-likeness (QED) is 0.621. The highest BCUT2D eigenvalue weighted by atomic mass is 16.5. The van der Waals surface area contributed by atoms with Crippen LogP contribution in [0, 0.1) is 0 Å². The Labute approximate surface area is 116 Å². The van der Waals surface area contributed by atoms with Crippen LogP contribution in [0.1, 0.15) is 76.4 Å².